The summed E-state index contributed by atoms with van der Waals surface area (Å²) in [5.74, 6) is 2.53. The van der Waals surface area contributed by atoms with Crippen LogP contribution >= 0.6 is 0 Å². The van der Waals surface area contributed by atoms with Crippen molar-refractivity contribution in [1.29, 1.82) is 0 Å². The second-order valence-corrected chi connectivity index (χ2v) is 6.92. The fourth-order valence-corrected chi connectivity index (χ4v) is 2.72. The lowest BCUT2D eigenvalue weighted by molar-refractivity contribution is 0.258. The Morgan fingerprint density at radius 3 is 2.40 bits per heavy atom. The lowest BCUT2D eigenvalue weighted by atomic mass is 10.0. The fraction of sp³-hybridized carbons (Fsp3) is 0.652. The molecule has 1 radical (unpaired) electrons. The summed E-state index contributed by atoms with van der Waals surface area (Å²) in [6.45, 7) is 9.87. The largest absolute Gasteiger partial charge is 0.490 e. The Labute approximate surface area is 155 Å². The monoisotopic (exact) mass is 345 g/mol. The highest BCUT2D eigenvalue weighted by atomic mass is 16.5. The van der Waals surface area contributed by atoms with E-state index in [1.165, 1.54) is 44.9 Å². The van der Waals surface area contributed by atoms with E-state index in [2.05, 4.69) is 26.5 Å². The van der Waals surface area contributed by atoms with Crippen molar-refractivity contribution < 1.29 is 9.47 Å². The third-order valence-electron chi connectivity index (χ3n) is 4.64. The number of hydrogen-bond acceptors (Lipinski definition) is 2. The van der Waals surface area contributed by atoms with Gasteiger partial charge >= 0.3 is 0 Å². The predicted molar refractivity (Wildman–Crippen MR) is 107 cm³/mol. The number of unbranched alkanes of at least 4 members (excludes halogenated alkanes) is 6. The van der Waals surface area contributed by atoms with Crippen molar-refractivity contribution in [2.45, 2.75) is 78.1 Å². The van der Waals surface area contributed by atoms with E-state index in [-0.39, 0.29) is 0 Å². The maximum Gasteiger partial charge on any atom is 0.161 e. The van der Waals surface area contributed by atoms with Crippen LogP contribution in [0.2, 0.25) is 0 Å². The highest BCUT2D eigenvalue weighted by molar-refractivity contribution is 5.38. The number of ether oxygens (including phenoxy) is 2. The highest BCUT2D eigenvalue weighted by Crippen LogP contribution is 2.26. The van der Waals surface area contributed by atoms with Crippen molar-refractivity contribution in [3.63, 3.8) is 0 Å². The van der Waals surface area contributed by atoms with Gasteiger partial charge in [0.15, 0.2) is 11.5 Å². The summed E-state index contributed by atoms with van der Waals surface area (Å²) in [6, 6.07) is 8.81. The summed E-state index contributed by atoms with van der Waals surface area (Å²) in [5, 5.41) is 0. The smallest absolute Gasteiger partial charge is 0.161 e. The maximum atomic E-state index is 5.92. The summed E-state index contributed by atoms with van der Waals surface area (Å²) in [7, 11) is 0. The maximum absolute atomic E-state index is 5.92. The molecule has 2 heteroatoms. The van der Waals surface area contributed by atoms with Crippen LogP contribution in [0.4, 0.5) is 0 Å². The Balaban J connectivity index is 2.17. The standard InChI is InChI=1S/C23H37O2/c1-4-6-7-8-9-14-19-24-22-17-12-13-18-23(22)25-20-15-10-11-16-21(3)5-2/h4,13,17-18,21H,1,5-11,14-16,19-20H2,2-3H3. The Morgan fingerprint density at radius 1 is 1.00 bits per heavy atom. The van der Waals surface area contributed by atoms with Crippen LogP contribution in [0.15, 0.2) is 30.9 Å². The molecule has 0 heterocycles. The third-order valence-corrected chi connectivity index (χ3v) is 4.64. The van der Waals surface area contributed by atoms with Crippen molar-refractivity contribution in [2.75, 3.05) is 13.2 Å². The SMILES string of the molecule is C=CCCCCCCOc1c[c]ccc1OCCCCCC(C)CC. The molecule has 0 aliphatic carbocycles. The number of benzene rings is 1. The van der Waals surface area contributed by atoms with E-state index in [0.29, 0.717) is 0 Å². The van der Waals surface area contributed by atoms with E-state index in [9.17, 15) is 0 Å². The quantitative estimate of drug-likeness (QED) is 0.237. The number of allylic oxidation sites excluding steroid dienone is 1. The first-order chi connectivity index (χ1) is 12.3. The molecule has 1 rings (SSSR count). The lowest BCUT2D eigenvalue weighted by Gasteiger charge is -2.13. The van der Waals surface area contributed by atoms with Gasteiger partial charge in [0, 0.05) is 0 Å². The minimum atomic E-state index is 0.747. The molecule has 0 aromatic heterocycles. The fourth-order valence-electron chi connectivity index (χ4n) is 2.72. The van der Waals surface area contributed by atoms with Gasteiger partial charge in [0.05, 0.1) is 13.2 Å². The molecule has 0 saturated carbocycles. The molecule has 2 nitrogen and oxygen atoms in total. The van der Waals surface area contributed by atoms with Crippen molar-refractivity contribution in [2.24, 2.45) is 5.92 Å². The van der Waals surface area contributed by atoms with Crippen LogP contribution in [-0.2, 0) is 0 Å². The van der Waals surface area contributed by atoms with Crippen molar-refractivity contribution >= 4 is 0 Å². The molecular weight excluding hydrogens is 308 g/mol. The van der Waals surface area contributed by atoms with Crippen LogP contribution in [-0.4, -0.2) is 13.2 Å². The Morgan fingerprint density at radius 2 is 1.68 bits per heavy atom. The van der Waals surface area contributed by atoms with Crippen LogP contribution in [0.3, 0.4) is 0 Å². The van der Waals surface area contributed by atoms with Crippen LogP contribution < -0.4 is 9.47 Å². The third kappa shape index (κ3) is 10.9. The van der Waals surface area contributed by atoms with Gasteiger partial charge in [-0.15, -0.1) is 6.58 Å². The molecular formula is C23H37O2. The highest BCUT2D eigenvalue weighted by Gasteiger charge is 2.04. The van der Waals surface area contributed by atoms with Crippen LogP contribution in [0, 0.1) is 12.0 Å². The molecule has 0 amide bonds. The first kappa shape index (κ1) is 21.6. The zero-order chi connectivity index (χ0) is 18.2. The molecule has 1 aromatic rings. The second kappa shape index (κ2) is 14.9. The predicted octanol–water partition coefficient (Wildman–Crippen LogP) is 6.99. The van der Waals surface area contributed by atoms with Gasteiger partial charge in [-0.2, -0.15) is 0 Å². The van der Waals surface area contributed by atoms with E-state index in [0.717, 1.165) is 49.9 Å². The zero-order valence-electron chi connectivity index (χ0n) is 16.4. The van der Waals surface area contributed by atoms with E-state index in [1.807, 2.05) is 24.3 Å². The van der Waals surface area contributed by atoms with Gasteiger partial charge in [-0.3, -0.25) is 0 Å². The average Bonchev–Trinajstić information content (AvgIpc) is 2.64. The molecule has 0 aliphatic rings. The topological polar surface area (TPSA) is 18.5 Å². The number of hydrogen-bond donors (Lipinski definition) is 0. The number of rotatable bonds is 16. The lowest BCUT2D eigenvalue weighted by Crippen LogP contribution is -2.03. The molecule has 141 valence electrons. The molecule has 0 aliphatic heterocycles. The second-order valence-electron chi connectivity index (χ2n) is 6.92. The van der Waals surface area contributed by atoms with Crippen LogP contribution in [0.1, 0.15) is 78.1 Å². The minimum absolute atomic E-state index is 0.747. The van der Waals surface area contributed by atoms with Crippen LogP contribution in [0.5, 0.6) is 11.5 Å². The summed E-state index contributed by atoms with van der Waals surface area (Å²) in [4.78, 5) is 0. The van der Waals surface area contributed by atoms with Crippen molar-refractivity contribution in [3.05, 3.63) is 36.9 Å². The molecule has 1 unspecified atom stereocenters. The molecule has 0 bridgehead atoms. The van der Waals surface area contributed by atoms with Gasteiger partial charge in [-0.05, 0) is 49.8 Å². The van der Waals surface area contributed by atoms with E-state index < -0.39 is 0 Å². The Hall–Kier alpha value is -1.44. The average molecular weight is 346 g/mol. The van der Waals surface area contributed by atoms with Gasteiger partial charge < -0.3 is 9.47 Å². The van der Waals surface area contributed by atoms with Gasteiger partial charge in [0.25, 0.3) is 0 Å². The van der Waals surface area contributed by atoms with Gasteiger partial charge in [0.2, 0.25) is 0 Å². The summed E-state index contributed by atoms with van der Waals surface area (Å²) < 4.78 is 11.8. The van der Waals surface area contributed by atoms with E-state index >= 15 is 0 Å². The van der Waals surface area contributed by atoms with Crippen LogP contribution in [0.25, 0.3) is 0 Å². The summed E-state index contributed by atoms with van der Waals surface area (Å²) >= 11 is 0. The minimum Gasteiger partial charge on any atom is -0.490 e. The molecule has 1 atom stereocenters. The first-order valence-corrected chi connectivity index (χ1v) is 10.1. The van der Waals surface area contributed by atoms with E-state index in [1.54, 1.807) is 0 Å². The van der Waals surface area contributed by atoms with Gasteiger partial charge in [-0.1, -0.05) is 64.5 Å². The molecule has 0 spiro atoms. The molecule has 25 heavy (non-hydrogen) atoms. The molecule has 1 aromatic carbocycles. The Bertz CT molecular complexity index is 441. The molecule has 0 saturated heterocycles. The summed E-state index contributed by atoms with van der Waals surface area (Å²) in [5.41, 5.74) is 0. The first-order valence-electron chi connectivity index (χ1n) is 10.1. The van der Waals surface area contributed by atoms with Gasteiger partial charge in [0.1, 0.15) is 0 Å². The van der Waals surface area contributed by atoms with Gasteiger partial charge in [-0.25, -0.2) is 0 Å². The summed E-state index contributed by atoms with van der Waals surface area (Å²) in [6.07, 6.45) is 14.1. The van der Waals surface area contributed by atoms with Crippen molar-refractivity contribution in [3.8, 4) is 11.5 Å². The normalized spacial score (nSPS) is 11.9. The van der Waals surface area contributed by atoms with Crippen molar-refractivity contribution in [1.82, 2.24) is 0 Å². The zero-order valence-corrected chi connectivity index (χ0v) is 16.4. The Kier molecular flexibility index (Phi) is 12.8. The molecule has 0 N–H and O–H groups in total. The molecule has 0 fully saturated rings. The van der Waals surface area contributed by atoms with E-state index in [4.69, 9.17) is 9.47 Å².